The number of carbonyl (C=O) groups is 10. The zero-order valence-electron chi connectivity index (χ0n) is 35.5. The zero-order valence-corrected chi connectivity index (χ0v) is 37.1. The second-order valence-electron chi connectivity index (χ2n) is 14.1. The van der Waals surface area contributed by atoms with Crippen molar-refractivity contribution in [3.8, 4) is 17.2 Å². The van der Waals surface area contributed by atoms with Crippen LogP contribution in [0.15, 0.2) is 9.81 Å². The number of esters is 8. The Labute approximate surface area is 371 Å². The molecule has 0 spiro atoms. The number of thioether (sulfide) groups is 2. The van der Waals surface area contributed by atoms with Gasteiger partial charge in [-0.1, -0.05) is 23.5 Å². The SMILES string of the molecule is CC(=O)OCC1OC(SC2=C(SC3OC(COC(C)=O)C(OC(C)=O)C(OC(C)=O)C3OC(C)=O)C(=O)c3c(O)c(O)c(C)c(O)c3C2=O)C(OC(C)=O)C(OC(C)=O)C1OC(C)=O. The van der Waals surface area contributed by atoms with Crippen LogP contribution in [0.2, 0.25) is 0 Å². The first-order chi connectivity index (χ1) is 29.8. The topological polar surface area (TPSA) is 324 Å². The molecule has 3 N–H and O–H groups in total. The summed E-state index contributed by atoms with van der Waals surface area (Å²) in [5.74, 6) is -13.3. The van der Waals surface area contributed by atoms with Gasteiger partial charge in [-0.15, -0.1) is 0 Å². The van der Waals surface area contributed by atoms with Crippen LogP contribution in [0.5, 0.6) is 17.2 Å². The standard InChI is InChI=1S/C39H44O23S2/c1-12-25(48)23-24(27(50)26(12)49)29(52)37(64-39-35(60-20(9)47)33(58-18(7)45)31(56-16(5)43)22(62-39)11-54-14(3)41)36(28(23)51)63-38-34(59-19(8)46)32(57-17(6)44)30(55-15(4)42)21(61-38)10-53-13(2)40/h21-22,30-35,38-39,48-50H,10-11H2,1-9H3. The number of ketones is 2. The normalized spacial score (nSPS) is 26.4. The van der Waals surface area contributed by atoms with Crippen LogP contribution in [0.25, 0.3) is 0 Å². The number of phenolic OH excluding ortho intramolecular Hbond substituents is 3. The first-order valence-corrected chi connectivity index (χ1v) is 20.7. The molecule has 2 saturated heterocycles. The van der Waals surface area contributed by atoms with Crippen LogP contribution in [-0.4, -0.2) is 148 Å². The van der Waals surface area contributed by atoms with Crippen molar-refractivity contribution in [3.63, 3.8) is 0 Å². The van der Waals surface area contributed by atoms with E-state index in [-0.39, 0.29) is 11.8 Å². The van der Waals surface area contributed by atoms with Crippen LogP contribution in [-0.2, 0) is 85.7 Å². The third kappa shape index (κ3) is 11.8. The number of aromatic hydroxyl groups is 3. The van der Waals surface area contributed by atoms with Crippen molar-refractivity contribution in [1.82, 2.24) is 0 Å². The van der Waals surface area contributed by atoms with Gasteiger partial charge in [0.25, 0.3) is 0 Å². The predicted octanol–water partition coefficient (Wildman–Crippen LogP) is 1.34. The Morgan fingerprint density at radius 1 is 0.453 bits per heavy atom. The lowest BCUT2D eigenvalue weighted by Gasteiger charge is -2.45. The summed E-state index contributed by atoms with van der Waals surface area (Å²) in [5, 5.41) is 33.0. The third-order valence-electron chi connectivity index (χ3n) is 9.10. The smallest absolute Gasteiger partial charge is 0.303 e. The summed E-state index contributed by atoms with van der Waals surface area (Å²) in [5.41, 5.74) is -5.78. The lowest BCUT2D eigenvalue weighted by molar-refractivity contribution is -0.237. The van der Waals surface area contributed by atoms with Crippen molar-refractivity contribution in [2.75, 3.05) is 13.2 Å². The van der Waals surface area contributed by atoms with Gasteiger partial charge in [-0.3, -0.25) is 47.9 Å². The Morgan fingerprint density at radius 3 is 1.06 bits per heavy atom. The second kappa shape index (κ2) is 21.2. The first kappa shape index (κ1) is 50.7. The van der Waals surface area contributed by atoms with Gasteiger partial charge < -0.3 is 62.7 Å². The monoisotopic (exact) mass is 944 g/mol. The molecule has 0 radical (unpaired) electrons. The molecule has 1 aliphatic carbocycles. The van der Waals surface area contributed by atoms with Crippen LogP contribution in [0.3, 0.4) is 0 Å². The fourth-order valence-corrected chi connectivity index (χ4v) is 9.38. The first-order valence-electron chi connectivity index (χ1n) is 18.9. The van der Waals surface area contributed by atoms with Gasteiger partial charge in [-0.25, -0.2) is 0 Å². The lowest BCUT2D eigenvalue weighted by Crippen LogP contribution is -2.61. The molecule has 64 heavy (non-hydrogen) atoms. The van der Waals surface area contributed by atoms with Gasteiger partial charge in [0.15, 0.2) is 48.1 Å². The van der Waals surface area contributed by atoms with E-state index in [0.29, 0.717) is 11.8 Å². The summed E-state index contributed by atoms with van der Waals surface area (Å²) in [6.45, 7) is 7.59. The largest absolute Gasteiger partial charge is 0.507 e. The van der Waals surface area contributed by atoms with Gasteiger partial charge in [0.1, 0.15) is 42.0 Å². The van der Waals surface area contributed by atoms with Crippen molar-refractivity contribution < 1.29 is 111 Å². The number of Topliss-reactive ketones (excluding diaryl/α,β-unsaturated/α-hetero) is 2. The number of benzene rings is 1. The van der Waals surface area contributed by atoms with Gasteiger partial charge in [0.2, 0.25) is 11.6 Å². The number of rotatable bonds is 14. The Balaban J connectivity index is 2.03. The molecule has 0 saturated carbocycles. The van der Waals surface area contributed by atoms with E-state index in [2.05, 4.69) is 0 Å². The lowest BCUT2D eigenvalue weighted by atomic mass is 9.90. The molecule has 0 amide bonds. The maximum absolute atomic E-state index is 14.8. The predicted molar refractivity (Wildman–Crippen MR) is 211 cm³/mol. The highest BCUT2D eigenvalue weighted by atomic mass is 32.2. The minimum absolute atomic E-state index is 0.284. The summed E-state index contributed by atoms with van der Waals surface area (Å²) in [6.07, 6.45) is -13.6. The van der Waals surface area contributed by atoms with Crippen LogP contribution >= 0.6 is 23.5 Å². The summed E-state index contributed by atoms with van der Waals surface area (Å²) < 4.78 is 55.4. The van der Waals surface area contributed by atoms with Crippen molar-refractivity contribution in [3.05, 3.63) is 26.5 Å². The molecule has 10 atom stereocenters. The number of phenols is 3. The molecule has 2 heterocycles. The molecule has 10 unspecified atom stereocenters. The molecule has 25 heteroatoms. The minimum atomic E-state index is -1.83. The molecule has 3 aliphatic rings. The molecule has 23 nitrogen and oxygen atoms in total. The van der Waals surface area contributed by atoms with Crippen molar-refractivity contribution >= 4 is 82.8 Å². The molecule has 1 aromatic rings. The highest BCUT2D eigenvalue weighted by Crippen LogP contribution is 2.52. The van der Waals surface area contributed by atoms with E-state index >= 15 is 0 Å². The quantitative estimate of drug-likeness (QED) is 0.102. The summed E-state index contributed by atoms with van der Waals surface area (Å²) >= 11 is 0.586. The Morgan fingerprint density at radius 2 is 0.750 bits per heavy atom. The van der Waals surface area contributed by atoms with Crippen molar-refractivity contribution in [1.29, 1.82) is 0 Å². The second-order valence-corrected chi connectivity index (χ2v) is 16.3. The maximum atomic E-state index is 14.8. The highest BCUT2D eigenvalue weighted by Gasteiger charge is 2.56. The summed E-state index contributed by atoms with van der Waals surface area (Å²) in [7, 11) is 0. The van der Waals surface area contributed by atoms with Crippen LogP contribution in [0, 0.1) is 6.92 Å². The minimum Gasteiger partial charge on any atom is -0.507 e. The molecule has 1 aromatic carbocycles. The van der Waals surface area contributed by atoms with Gasteiger partial charge >= 0.3 is 47.8 Å². The van der Waals surface area contributed by atoms with E-state index in [1.165, 1.54) is 0 Å². The van der Waals surface area contributed by atoms with Crippen LogP contribution in [0.4, 0.5) is 0 Å². The average Bonchev–Trinajstić information content (AvgIpc) is 3.17. The Kier molecular flexibility index (Phi) is 16.8. The maximum Gasteiger partial charge on any atom is 0.303 e. The van der Waals surface area contributed by atoms with Gasteiger partial charge in [0.05, 0.1) is 20.9 Å². The van der Waals surface area contributed by atoms with Crippen molar-refractivity contribution in [2.24, 2.45) is 0 Å². The summed E-state index contributed by atoms with van der Waals surface area (Å²) in [6, 6.07) is 0. The number of hydrogen-bond donors (Lipinski definition) is 3. The van der Waals surface area contributed by atoms with E-state index < -0.39 is 176 Å². The molecule has 2 fully saturated rings. The molecule has 0 bridgehead atoms. The van der Waals surface area contributed by atoms with E-state index in [1.807, 2.05) is 0 Å². The van der Waals surface area contributed by atoms with Gasteiger partial charge in [-0.05, 0) is 6.92 Å². The third-order valence-corrected chi connectivity index (χ3v) is 11.7. The van der Waals surface area contributed by atoms with Crippen molar-refractivity contribution in [2.45, 2.75) is 122 Å². The zero-order chi connectivity index (χ0) is 48.1. The van der Waals surface area contributed by atoms with Crippen LogP contribution in [0.1, 0.15) is 81.7 Å². The number of ether oxygens (including phenoxy) is 10. The van der Waals surface area contributed by atoms with E-state index in [4.69, 9.17) is 47.4 Å². The van der Waals surface area contributed by atoms with Gasteiger partial charge in [0, 0.05) is 61.0 Å². The molecular weight excluding hydrogens is 901 g/mol. The molecular formula is C39H44O23S2. The number of hydrogen-bond acceptors (Lipinski definition) is 25. The Bertz CT molecular complexity index is 2000. The number of fused-ring (bicyclic) bond motifs is 1. The molecule has 350 valence electrons. The summed E-state index contributed by atoms with van der Waals surface area (Å²) in [4.78, 5) is 127. The number of allylic oxidation sites excluding steroid dienone is 2. The average molecular weight is 945 g/mol. The van der Waals surface area contributed by atoms with E-state index in [9.17, 15) is 63.3 Å². The van der Waals surface area contributed by atoms with E-state index in [0.717, 1.165) is 62.3 Å². The highest BCUT2D eigenvalue weighted by molar-refractivity contribution is 8.08. The number of carbonyl (C=O) groups excluding carboxylic acids is 10. The fourth-order valence-electron chi connectivity index (χ4n) is 6.72. The molecule has 4 rings (SSSR count). The van der Waals surface area contributed by atoms with Gasteiger partial charge in [-0.2, -0.15) is 0 Å². The Hall–Kier alpha value is -5.92. The fraction of sp³-hybridized carbons (Fsp3) is 0.538. The van der Waals surface area contributed by atoms with Crippen LogP contribution < -0.4 is 0 Å². The molecule has 0 aromatic heterocycles. The van der Waals surface area contributed by atoms with E-state index in [1.54, 1.807) is 0 Å². The molecule has 2 aliphatic heterocycles.